The summed E-state index contributed by atoms with van der Waals surface area (Å²) in [4.78, 5) is 16.9. The number of hydrogen-bond acceptors (Lipinski definition) is 4. The number of halogens is 1. The summed E-state index contributed by atoms with van der Waals surface area (Å²) in [6.07, 6.45) is 1.01. The zero-order chi connectivity index (χ0) is 13.5. The molecular weight excluding hydrogens is 237 g/mol. The predicted octanol–water partition coefficient (Wildman–Crippen LogP) is 1.67. The van der Waals surface area contributed by atoms with Crippen molar-refractivity contribution in [2.24, 2.45) is 0 Å². The fourth-order valence-electron chi connectivity index (χ4n) is 1.62. The van der Waals surface area contributed by atoms with Gasteiger partial charge in [-0.15, -0.1) is 0 Å². The van der Waals surface area contributed by atoms with Gasteiger partial charge in [-0.1, -0.05) is 13.8 Å². The topological polar surface area (TPSA) is 65.5 Å². The van der Waals surface area contributed by atoms with Gasteiger partial charge in [-0.3, -0.25) is 0 Å². The van der Waals surface area contributed by atoms with Gasteiger partial charge in [0.15, 0.2) is 0 Å². The van der Waals surface area contributed by atoms with E-state index in [4.69, 9.17) is 5.11 Å². The SMILES string of the molecule is CCN(CC)CCNc1ncc(F)cc1C(=O)O. The first-order valence-corrected chi connectivity index (χ1v) is 5.93. The van der Waals surface area contributed by atoms with Gasteiger partial charge in [0.1, 0.15) is 17.2 Å². The Balaban J connectivity index is 2.64. The van der Waals surface area contributed by atoms with Crippen molar-refractivity contribution in [2.75, 3.05) is 31.5 Å². The lowest BCUT2D eigenvalue weighted by atomic mass is 10.2. The number of aromatic carboxylic acids is 1. The Hall–Kier alpha value is -1.69. The first kappa shape index (κ1) is 14.4. The Labute approximate surface area is 106 Å². The van der Waals surface area contributed by atoms with Crippen LogP contribution >= 0.6 is 0 Å². The van der Waals surface area contributed by atoms with Gasteiger partial charge in [0.05, 0.1) is 6.20 Å². The van der Waals surface area contributed by atoms with Crippen molar-refractivity contribution in [3.63, 3.8) is 0 Å². The molecule has 1 heterocycles. The molecular formula is C12H18FN3O2. The summed E-state index contributed by atoms with van der Waals surface area (Å²) in [6, 6.07) is 0.967. The molecule has 100 valence electrons. The molecule has 0 fully saturated rings. The van der Waals surface area contributed by atoms with Gasteiger partial charge in [0, 0.05) is 13.1 Å². The van der Waals surface area contributed by atoms with Crippen molar-refractivity contribution in [3.8, 4) is 0 Å². The number of pyridine rings is 1. The summed E-state index contributed by atoms with van der Waals surface area (Å²) < 4.78 is 12.9. The third-order valence-electron chi connectivity index (χ3n) is 2.70. The van der Waals surface area contributed by atoms with E-state index in [0.717, 1.165) is 31.9 Å². The van der Waals surface area contributed by atoms with Crippen LogP contribution in [-0.2, 0) is 0 Å². The number of nitrogens with zero attached hydrogens (tertiary/aromatic N) is 2. The molecule has 0 aliphatic rings. The van der Waals surface area contributed by atoms with E-state index in [0.29, 0.717) is 6.54 Å². The summed E-state index contributed by atoms with van der Waals surface area (Å²) in [6.45, 7) is 7.33. The van der Waals surface area contributed by atoms with Crippen LogP contribution in [0.25, 0.3) is 0 Å². The maximum absolute atomic E-state index is 12.9. The lowest BCUT2D eigenvalue weighted by molar-refractivity contribution is 0.0697. The highest BCUT2D eigenvalue weighted by atomic mass is 19.1. The van der Waals surface area contributed by atoms with Crippen LogP contribution in [0.1, 0.15) is 24.2 Å². The molecule has 0 radical (unpaired) electrons. The lowest BCUT2D eigenvalue weighted by Gasteiger charge is -2.18. The molecule has 6 heteroatoms. The molecule has 0 aliphatic carbocycles. The van der Waals surface area contributed by atoms with Crippen molar-refractivity contribution < 1.29 is 14.3 Å². The molecule has 0 amide bonds. The molecule has 2 N–H and O–H groups in total. The Morgan fingerprint density at radius 2 is 2.17 bits per heavy atom. The number of nitrogens with one attached hydrogen (secondary N) is 1. The molecule has 0 unspecified atom stereocenters. The van der Waals surface area contributed by atoms with E-state index >= 15 is 0 Å². The Morgan fingerprint density at radius 3 is 2.72 bits per heavy atom. The molecule has 1 aromatic rings. The Kier molecular flexibility index (Phi) is 5.51. The summed E-state index contributed by atoms with van der Waals surface area (Å²) >= 11 is 0. The van der Waals surface area contributed by atoms with Crippen LogP contribution in [-0.4, -0.2) is 47.1 Å². The molecule has 5 nitrogen and oxygen atoms in total. The molecule has 18 heavy (non-hydrogen) atoms. The normalized spacial score (nSPS) is 10.7. The van der Waals surface area contributed by atoms with Gasteiger partial charge in [-0.05, 0) is 19.2 Å². The van der Waals surface area contributed by atoms with Gasteiger partial charge in [0.2, 0.25) is 0 Å². The average Bonchev–Trinajstić information content (AvgIpc) is 2.36. The third-order valence-corrected chi connectivity index (χ3v) is 2.70. The fourth-order valence-corrected chi connectivity index (χ4v) is 1.62. The molecule has 0 aliphatic heterocycles. The number of anilines is 1. The van der Waals surface area contributed by atoms with Crippen LogP contribution in [0.2, 0.25) is 0 Å². The van der Waals surface area contributed by atoms with Crippen molar-refractivity contribution in [3.05, 3.63) is 23.6 Å². The van der Waals surface area contributed by atoms with Crippen LogP contribution in [0.5, 0.6) is 0 Å². The van der Waals surface area contributed by atoms with Gasteiger partial charge < -0.3 is 15.3 Å². The van der Waals surface area contributed by atoms with Gasteiger partial charge in [-0.25, -0.2) is 14.2 Å². The monoisotopic (exact) mass is 255 g/mol. The van der Waals surface area contributed by atoms with Crippen LogP contribution < -0.4 is 5.32 Å². The largest absolute Gasteiger partial charge is 0.478 e. The van der Waals surface area contributed by atoms with Crippen LogP contribution in [0.3, 0.4) is 0 Å². The van der Waals surface area contributed by atoms with Crippen LogP contribution in [0, 0.1) is 5.82 Å². The molecule has 0 saturated carbocycles. The number of aromatic nitrogens is 1. The minimum atomic E-state index is -1.19. The van der Waals surface area contributed by atoms with Crippen LogP contribution in [0.15, 0.2) is 12.3 Å². The van der Waals surface area contributed by atoms with E-state index in [1.54, 1.807) is 0 Å². The van der Waals surface area contributed by atoms with Gasteiger partial charge >= 0.3 is 5.97 Å². The van der Waals surface area contributed by atoms with Crippen molar-refractivity contribution >= 4 is 11.8 Å². The standard InChI is InChI=1S/C12H18FN3O2/c1-3-16(4-2)6-5-14-11-10(12(17)18)7-9(13)8-15-11/h7-8H,3-6H2,1-2H3,(H,14,15)(H,17,18). The molecule has 0 spiro atoms. The number of carboxylic acids is 1. The van der Waals surface area contributed by atoms with Crippen LogP contribution in [0.4, 0.5) is 10.2 Å². The highest BCUT2D eigenvalue weighted by Gasteiger charge is 2.12. The summed E-state index contributed by atoms with van der Waals surface area (Å²) in [5.74, 6) is -1.63. The Morgan fingerprint density at radius 1 is 1.50 bits per heavy atom. The average molecular weight is 255 g/mol. The summed E-state index contributed by atoms with van der Waals surface area (Å²) in [5.41, 5.74) is -0.144. The first-order valence-electron chi connectivity index (χ1n) is 5.93. The number of carbonyl (C=O) groups is 1. The first-order chi connectivity index (χ1) is 8.58. The second-order valence-corrected chi connectivity index (χ2v) is 3.81. The quantitative estimate of drug-likeness (QED) is 0.776. The number of carboxylic acid groups (broad SMARTS) is 1. The van der Waals surface area contributed by atoms with E-state index < -0.39 is 11.8 Å². The maximum Gasteiger partial charge on any atom is 0.339 e. The predicted molar refractivity (Wildman–Crippen MR) is 67.4 cm³/mol. The van der Waals surface area contributed by atoms with E-state index in [1.807, 2.05) is 0 Å². The zero-order valence-electron chi connectivity index (χ0n) is 10.6. The Bertz CT molecular complexity index is 408. The minimum Gasteiger partial charge on any atom is -0.478 e. The molecule has 1 rings (SSSR count). The smallest absolute Gasteiger partial charge is 0.339 e. The molecule has 0 saturated heterocycles. The second kappa shape index (κ2) is 6.90. The molecule has 0 atom stereocenters. The van der Waals surface area contributed by atoms with E-state index in [-0.39, 0.29) is 11.4 Å². The van der Waals surface area contributed by atoms with Crippen molar-refractivity contribution in [1.82, 2.24) is 9.88 Å². The molecule has 0 bridgehead atoms. The van der Waals surface area contributed by atoms with E-state index in [1.165, 1.54) is 0 Å². The summed E-state index contributed by atoms with van der Waals surface area (Å²) in [5, 5.41) is 11.9. The number of likely N-dealkylation sites (N-methyl/N-ethyl adjacent to an activating group) is 1. The molecule has 1 aromatic heterocycles. The third kappa shape index (κ3) is 3.96. The van der Waals surface area contributed by atoms with Gasteiger partial charge in [0.25, 0.3) is 0 Å². The van der Waals surface area contributed by atoms with Crippen molar-refractivity contribution in [2.45, 2.75) is 13.8 Å². The second-order valence-electron chi connectivity index (χ2n) is 3.81. The van der Waals surface area contributed by atoms with E-state index in [2.05, 4.69) is 29.0 Å². The highest BCUT2D eigenvalue weighted by Crippen LogP contribution is 2.13. The fraction of sp³-hybridized carbons (Fsp3) is 0.500. The highest BCUT2D eigenvalue weighted by molar-refractivity contribution is 5.93. The number of hydrogen-bond donors (Lipinski definition) is 2. The van der Waals surface area contributed by atoms with Crippen molar-refractivity contribution in [1.29, 1.82) is 0 Å². The lowest BCUT2D eigenvalue weighted by Crippen LogP contribution is -2.29. The molecule has 0 aromatic carbocycles. The van der Waals surface area contributed by atoms with Gasteiger partial charge in [-0.2, -0.15) is 0 Å². The minimum absolute atomic E-state index is 0.144. The number of rotatable bonds is 7. The zero-order valence-corrected chi connectivity index (χ0v) is 10.6. The van der Waals surface area contributed by atoms with E-state index in [9.17, 15) is 9.18 Å². The summed E-state index contributed by atoms with van der Waals surface area (Å²) in [7, 11) is 0. The maximum atomic E-state index is 12.9.